The van der Waals surface area contributed by atoms with E-state index in [0.29, 0.717) is 18.1 Å². The average Bonchev–Trinajstić information content (AvgIpc) is 3.32. The predicted octanol–water partition coefficient (Wildman–Crippen LogP) is 4.11. The molecule has 1 N–H and O–H groups in total. The van der Waals surface area contributed by atoms with Crippen LogP contribution in [0.1, 0.15) is 21.7 Å². The number of nitrogens with one attached hydrogen (secondary N) is 1. The van der Waals surface area contributed by atoms with Crippen molar-refractivity contribution in [3.8, 4) is 11.6 Å². The lowest BCUT2D eigenvalue weighted by Gasteiger charge is -2.27. The van der Waals surface area contributed by atoms with Crippen LogP contribution in [0.4, 0.5) is 0 Å². The molecular weight excluding hydrogens is 358 g/mol. The fourth-order valence-corrected chi connectivity index (χ4v) is 4.98. The first-order valence-corrected chi connectivity index (χ1v) is 9.86. The van der Waals surface area contributed by atoms with Gasteiger partial charge in [0.05, 0.1) is 17.5 Å². The van der Waals surface area contributed by atoms with E-state index in [1.165, 1.54) is 20.5 Å². The lowest BCUT2D eigenvalue weighted by atomic mass is 10.1. The summed E-state index contributed by atoms with van der Waals surface area (Å²) in [6.07, 6.45) is 2.36. The van der Waals surface area contributed by atoms with Gasteiger partial charge in [-0.15, -0.1) is 11.3 Å². The quantitative estimate of drug-likeness (QED) is 0.584. The van der Waals surface area contributed by atoms with Crippen LogP contribution in [-0.4, -0.2) is 21.4 Å². The van der Waals surface area contributed by atoms with Gasteiger partial charge in [0.1, 0.15) is 0 Å². The van der Waals surface area contributed by atoms with Crippen molar-refractivity contribution >= 4 is 21.4 Å². The van der Waals surface area contributed by atoms with Gasteiger partial charge in [0.25, 0.3) is 5.56 Å². The molecule has 0 bridgehead atoms. The third-order valence-corrected chi connectivity index (χ3v) is 6.47. The number of aromatic amines is 1. The predicted molar refractivity (Wildman–Crippen MR) is 107 cm³/mol. The third-order valence-electron chi connectivity index (χ3n) is 5.21. The summed E-state index contributed by atoms with van der Waals surface area (Å²) < 4.78 is 6.69. The van der Waals surface area contributed by atoms with E-state index in [1.807, 2.05) is 17.4 Å². The van der Waals surface area contributed by atoms with Gasteiger partial charge >= 0.3 is 0 Å². The van der Waals surface area contributed by atoms with Crippen molar-refractivity contribution < 1.29 is 4.42 Å². The van der Waals surface area contributed by atoms with E-state index in [0.717, 1.165) is 30.8 Å². The first-order valence-electron chi connectivity index (χ1n) is 9.04. The van der Waals surface area contributed by atoms with Crippen LogP contribution in [-0.2, 0) is 19.5 Å². The smallest absolute Gasteiger partial charge is 0.256 e. The van der Waals surface area contributed by atoms with Gasteiger partial charge in [0.15, 0.2) is 11.6 Å². The average molecular weight is 377 g/mol. The summed E-state index contributed by atoms with van der Waals surface area (Å²) in [5.74, 6) is 1.11. The largest absolute Gasteiger partial charge is 0.461 e. The molecule has 136 valence electrons. The van der Waals surface area contributed by atoms with Crippen molar-refractivity contribution in [1.82, 2.24) is 14.9 Å². The molecule has 6 heteroatoms. The monoisotopic (exact) mass is 377 g/mol. The molecule has 4 heterocycles. The van der Waals surface area contributed by atoms with Gasteiger partial charge in [0.2, 0.25) is 0 Å². The SMILES string of the molecule is Cc1c(CN2CCc3nc(-c4ccco4)[nH]c(=O)c3C2)sc2ccccc12. The van der Waals surface area contributed by atoms with E-state index < -0.39 is 0 Å². The van der Waals surface area contributed by atoms with Crippen LogP contribution in [0.3, 0.4) is 0 Å². The summed E-state index contributed by atoms with van der Waals surface area (Å²) in [6, 6.07) is 12.1. The number of rotatable bonds is 3. The van der Waals surface area contributed by atoms with Crippen LogP contribution < -0.4 is 5.56 Å². The van der Waals surface area contributed by atoms with Crippen molar-refractivity contribution in [2.24, 2.45) is 0 Å². The van der Waals surface area contributed by atoms with Crippen LogP contribution in [0.5, 0.6) is 0 Å². The van der Waals surface area contributed by atoms with Crippen molar-refractivity contribution in [2.75, 3.05) is 6.54 Å². The minimum absolute atomic E-state index is 0.0656. The summed E-state index contributed by atoms with van der Waals surface area (Å²) in [5.41, 5.74) is 2.94. The number of nitrogens with zero attached hydrogens (tertiary/aromatic N) is 2. The number of fused-ring (bicyclic) bond motifs is 2. The molecular formula is C21H19N3O2S. The molecule has 0 radical (unpaired) electrons. The summed E-state index contributed by atoms with van der Waals surface area (Å²) in [4.78, 5) is 23.8. The molecule has 1 aliphatic rings. The van der Waals surface area contributed by atoms with Crippen molar-refractivity contribution in [1.29, 1.82) is 0 Å². The summed E-state index contributed by atoms with van der Waals surface area (Å²) >= 11 is 1.85. The van der Waals surface area contributed by atoms with Gasteiger partial charge in [0, 0.05) is 35.6 Å². The Hall–Kier alpha value is -2.70. The molecule has 5 nitrogen and oxygen atoms in total. The number of H-pyrrole nitrogens is 1. The van der Waals surface area contributed by atoms with E-state index in [4.69, 9.17) is 4.42 Å². The summed E-state index contributed by atoms with van der Waals surface area (Å²) in [7, 11) is 0. The first kappa shape index (κ1) is 16.5. The lowest BCUT2D eigenvalue weighted by Crippen LogP contribution is -2.35. The minimum Gasteiger partial charge on any atom is -0.461 e. The van der Waals surface area contributed by atoms with Crippen molar-refractivity contribution in [3.63, 3.8) is 0 Å². The number of aryl methyl sites for hydroxylation is 1. The first-order chi connectivity index (χ1) is 13.2. The van der Waals surface area contributed by atoms with Crippen LogP contribution in [0.2, 0.25) is 0 Å². The molecule has 0 amide bonds. The molecule has 0 spiro atoms. The zero-order chi connectivity index (χ0) is 18.4. The number of furan rings is 1. The number of thiophene rings is 1. The van der Waals surface area contributed by atoms with E-state index in [2.05, 4.69) is 46.1 Å². The van der Waals surface area contributed by atoms with Crippen LogP contribution in [0, 0.1) is 6.92 Å². The lowest BCUT2D eigenvalue weighted by molar-refractivity contribution is 0.243. The molecule has 5 rings (SSSR count). The normalized spacial score (nSPS) is 14.6. The van der Waals surface area contributed by atoms with E-state index in [1.54, 1.807) is 12.3 Å². The standard InChI is InChI=1S/C21H19N3O2S/c1-13-14-5-2-3-7-18(14)27-19(13)12-24-9-8-16-15(11-24)21(25)23-20(22-16)17-6-4-10-26-17/h2-7,10H,8-9,11-12H2,1H3,(H,22,23,25). The number of benzene rings is 1. The molecule has 0 aliphatic carbocycles. The highest BCUT2D eigenvalue weighted by atomic mass is 32.1. The van der Waals surface area contributed by atoms with Gasteiger partial charge in [-0.05, 0) is 36.1 Å². The number of hydrogen-bond donors (Lipinski definition) is 1. The Morgan fingerprint density at radius 1 is 1.26 bits per heavy atom. The Morgan fingerprint density at radius 3 is 2.96 bits per heavy atom. The van der Waals surface area contributed by atoms with Crippen molar-refractivity contribution in [2.45, 2.75) is 26.4 Å². The van der Waals surface area contributed by atoms with E-state index in [9.17, 15) is 4.79 Å². The van der Waals surface area contributed by atoms with Gasteiger partial charge in [-0.2, -0.15) is 0 Å². The zero-order valence-electron chi connectivity index (χ0n) is 15.0. The Labute approximate surface area is 160 Å². The number of aromatic nitrogens is 2. The Balaban J connectivity index is 1.42. The molecule has 0 atom stereocenters. The number of hydrogen-bond acceptors (Lipinski definition) is 5. The fraction of sp³-hybridized carbons (Fsp3) is 0.238. The molecule has 27 heavy (non-hydrogen) atoms. The van der Waals surface area contributed by atoms with Gasteiger partial charge in [-0.3, -0.25) is 9.69 Å². The molecule has 0 saturated heterocycles. The minimum atomic E-state index is -0.0656. The fourth-order valence-electron chi connectivity index (χ4n) is 3.72. The highest BCUT2D eigenvalue weighted by Gasteiger charge is 2.23. The molecule has 4 aromatic rings. The third kappa shape index (κ3) is 2.91. The maximum absolute atomic E-state index is 12.6. The Bertz CT molecular complexity index is 1170. The summed E-state index contributed by atoms with van der Waals surface area (Å²) in [5, 5.41) is 1.33. The van der Waals surface area contributed by atoms with Crippen LogP contribution in [0.15, 0.2) is 51.9 Å². The Morgan fingerprint density at radius 2 is 2.15 bits per heavy atom. The van der Waals surface area contributed by atoms with E-state index >= 15 is 0 Å². The second-order valence-electron chi connectivity index (χ2n) is 6.92. The highest BCUT2D eigenvalue weighted by Crippen LogP contribution is 2.32. The van der Waals surface area contributed by atoms with Crippen molar-refractivity contribution in [3.05, 3.63) is 74.7 Å². The summed E-state index contributed by atoms with van der Waals surface area (Å²) in [6.45, 7) is 4.58. The molecule has 3 aromatic heterocycles. The molecule has 1 aliphatic heterocycles. The van der Waals surface area contributed by atoms with Gasteiger partial charge < -0.3 is 9.40 Å². The van der Waals surface area contributed by atoms with Crippen LogP contribution in [0.25, 0.3) is 21.7 Å². The maximum Gasteiger partial charge on any atom is 0.256 e. The Kier molecular flexibility index (Phi) is 3.95. The highest BCUT2D eigenvalue weighted by molar-refractivity contribution is 7.19. The zero-order valence-corrected chi connectivity index (χ0v) is 15.8. The molecule has 0 saturated carbocycles. The van der Waals surface area contributed by atoms with Gasteiger partial charge in [-0.1, -0.05) is 18.2 Å². The van der Waals surface area contributed by atoms with Crippen LogP contribution >= 0.6 is 11.3 Å². The van der Waals surface area contributed by atoms with E-state index in [-0.39, 0.29) is 5.56 Å². The topological polar surface area (TPSA) is 62.1 Å². The van der Waals surface area contributed by atoms with Gasteiger partial charge in [-0.25, -0.2) is 4.98 Å². The molecule has 0 fully saturated rings. The maximum atomic E-state index is 12.6. The second kappa shape index (κ2) is 6.48. The second-order valence-corrected chi connectivity index (χ2v) is 8.06. The molecule has 1 aromatic carbocycles. The molecule has 0 unspecified atom stereocenters.